The van der Waals surface area contributed by atoms with Gasteiger partial charge in [-0.2, -0.15) is 4.31 Å². The first kappa shape index (κ1) is 14.2. The minimum atomic E-state index is -3.48. The second-order valence-electron chi connectivity index (χ2n) is 5.19. The van der Waals surface area contributed by atoms with E-state index in [4.69, 9.17) is 0 Å². The Bertz CT molecular complexity index is 523. The molecule has 1 saturated carbocycles. The number of hydrogen-bond acceptors (Lipinski definition) is 5. The van der Waals surface area contributed by atoms with Gasteiger partial charge in [-0.25, -0.2) is 18.4 Å². The molecule has 6 nitrogen and oxygen atoms in total. The number of nitrogens with zero attached hydrogens (tertiary/aromatic N) is 3. The highest BCUT2D eigenvalue weighted by atomic mass is 32.2. The number of sulfonamides is 1. The molecule has 1 aromatic heterocycles. The highest BCUT2D eigenvalue weighted by molar-refractivity contribution is 7.89. The van der Waals surface area contributed by atoms with Gasteiger partial charge in [0.15, 0.2) is 0 Å². The van der Waals surface area contributed by atoms with E-state index in [2.05, 4.69) is 15.3 Å². The van der Waals surface area contributed by atoms with Gasteiger partial charge in [-0.3, -0.25) is 0 Å². The molecule has 0 unspecified atom stereocenters. The maximum atomic E-state index is 12.6. The number of anilines is 1. The lowest BCUT2D eigenvalue weighted by Gasteiger charge is -2.23. The molecule has 1 aromatic rings. The third-order valence-electron chi connectivity index (χ3n) is 2.96. The Morgan fingerprint density at radius 2 is 1.95 bits per heavy atom. The van der Waals surface area contributed by atoms with Crippen molar-refractivity contribution in [3.05, 3.63) is 12.4 Å². The molecule has 1 N–H and O–H groups in total. The highest BCUT2D eigenvalue weighted by Gasteiger charge is 2.38. The van der Waals surface area contributed by atoms with E-state index in [0.717, 1.165) is 12.8 Å². The second kappa shape index (κ2) is 5.42. The zero-order valence-electron chi connectivity index (χ0n) is 11.5. The summed E-state index contributed by atoms with van der Waals surface area (Å²) in [6, 6.07) is 0.149. The van der Waals surface area contributed by atoms with Gasteiger partial charge in [0.2, 0.25) is 16.0 Å². The minimum Gasteiger partial charge on any atom is -0.357 e. The summed E-state index contributed by atoms with van der Waals surface area (Å²) in [4.78, 5) is 8.12. The van der Waals surface area contributed by atoms with Gasteiger partial charge in [0.05, 0.1) is 12.4 Å². The van der Waals surface area contributed by atoms with Crippen LogP contribution in [0.15, 0.2) is 17.3 Å². The number of rotatable bonds is 6. The van der Waals surface area contributed by atoms with Crippen molar-refractivity contribution in [1.29, 1.82) is 0 Å². The van der Waals surface area contributed by atoms with Crippen LogP contribution in [0.4, 0.5) is 5.95 Å². The van der Waals surface area contributed by atoms with Crippen molar-refractivity contribution < 1.29 is 8.42 Å². The first-order valence-corrected chi connectivity index (χ1v) is 7.90. The van der Waals surface area contributed by atoms with Crippen LogP contribution < -0.4 is 5.32 Å². The fourth-order valence-corrected chi connectivity index (χ4v) is 3.62. The Balaban J connectivity index is 2.27. The molecule has 2 rings (SSSR count). The predicted molar refractivity (Wildman–Crippen MR) is 73.3 cm³/mol. The zero-order valence-corrected chi connectivity index (χ0v) is 12.3. The highest BCUT2D eigenvalue weighted by Crippen LogP contribution is 2.32. The second-order valence-corrected chi connectivity index (χ2v) is 7.08. The van der Waals surface area contributed by atoms with Crippen LogP contribution in [0.5, 0.6) is 0 Å². The Morgan fingerprint density at radius 1 is 1.37 bits per heavy atom. The fraction of sp³-hybridized carbons (Fsp3) is 0.667. The molecule has 0 bridgehead atoms. The summed E-state index contributed by atoms with van der Waals surface area (Å²) in [5.41, 5.74) is 0. The van der Waals surface area contributed by atoms with Crippen molar-refractivity contribution in [2.24, 2.45) is 5.92 Å². The Morgan fingerprint density at radius 3 is 2.37 bits per heavy atom. The van der Waals surface area contributed by atoms with Gasteiger partial charge < -0.3 is 5.32 Å². The molecule has 7 heteroatoms. The largest absolute Gasteiger partial charge is 0.357 e. The Hall–Kier alpha value is -1.21. The van der Waals surface area contributed by atoms with Gasteiger partial charge in [0.25, 0.3) is 0 Å². The number of aromatic nitrogens is 2. The van der Waals surface area contributed by atoms with Crippen LogP contribution in [-0.2, 0) is 10.0 Å². The smallest absolute Gasteiger partial charge is 0.246 e. The first-order valence-electron chi connectivity index (χ1n) is 6.46. The lowest BCUT2D eigenvalue weighted by molar-refractivity contribution is 0.360. The lowest BCUT2D eigenvalue weighted by Crippen LogP contribution is -2.36. The normalized spacial score (nSPS) is 16.1. The van der Waals surface area contributed by atoms with Crippen LogP contribution >= 0.6 is 0 Å². The molecular weight excluding hydrogens is 264 g/mol. The average molecular weight is 284 g/mol. The van der Waals surface area contributed by atoms with E-state index in [1.807, 2.05) is 13.8 Å². The van der Waals surface area contributed by atoms with Gasteiger partial charge in [-0.1, -0.05) is 13.8 Å². The maximum absolute atomic E-state index is 12.6. The summed E-state index contributed by atoms with van der Waals surface area (Å²) in [5, 5.41) is 2.77. The average Bonchev–Trinajstić information content (AvgIpc) is 3.20. The zero-order chi connectivity index (χ0) is 14.0. The third-order valence-corrected chi connectivity index (χ3v) is 4.83. The lowest BCUT2D eigenvalue weighted by atomic mass is 10.2. The van der Waals surface area contributed by atoms with Crippen molar-refractivity contribution >= 4 is 16.0 Å². The van der Waals surface area contributed by atoms with Crippen LogP contribution in [0.2, 0.25) is 0 Å². The van der Waals surface area contributed by atoms with E-state index >= 15 is 0 Å². The Kier molecular flexibility index (Phi) is 4.05. The number of nitrogens with one attached hydrogen (secondary N) is 1. The SMILES string of the molecule is CNc1ncc(S(=O)(=O)N(CC(C)C)C2CC2)cn1. The maximum Gasteiger partial charge on any atom is 0.246 e. The van der Waals surface area contributed by atoms with E-state index in [1.165, 1.54) is 12.4 Å². The molecule has 0 amide bonds. The molecule has 0 spiro atoms. The molecule has 1 heterocycles. The molecule has 1 fully saturated rings. The van der Waals surface area contributed by atoms with Gasteiger partial charge in [-0.05, 0) is 18.8 Å². The molecule has 0 aliphatic heterocycles. The van der Waals surface area contributed by atoms with Crippen molar-refractivity contribution in [2.45, 2.75) is 37.6 Å². The van der Waals surface area contributed by atoms with Gasteiger partial charge in [0, 0.05) is 19.6 Å². The van der Waals surface area contributed by atoms with E-state index < -0.39 is 10.0 Å². The van der Waals surface area contributed by atoms with Gasteiger partial charge in [0.1, 0.15) is 4.90 Å². The summed E-state index contributed by atoms with van der Waals surface area (Å²) < 4.78 is 26.7. The van der Waals surface area contributed by atoms with Crippen molar-refractivity contribution in [2.75, 3.05) is 18.9 Å². The van der Waals surface area contributed by atoms with E-state index in [1.54, 1.807) is 11.4 Å². The quantitative estimate of drug-likeness (QED) is 0.853. The molecule has 0 aromatic carbocycles. The van der Waals surface area contributed by atoms with Gasteiger partial charge in [-0.15, -0.1) is 0 Å². The standard InChI is InChI=1S/C12H20N4O2S/c1-9(2)8-16(10-4-5-10)19(17,18)11-6-14-12(13-3)15-7-11/h6-7,9-10H,4-5,8H2,1-3H3,(H,13,14,15). The summed E-state index contributed by atoms with van der Waals surface area (Å²) in [6.07, 6.45) is 4.62. The third kappa shape index (κ3) is 3.22. The Labute approximate surface area is 114 Å². The summed E-state index contributed by atoms with van der Waals surface area (Å²) in [5.74, 6) is 0.716. The van der Waals surface area contributed by atoms with Crippen molar-refractivity contribution in [3.63, 3.8) is 0 Å². The summed E-state index contributed by atoms with van der Waals surface area (Å²) >= 11 is 0. The van der Waals surface area contributed by atoms with E-state index in [0.29, 0.717) is 18.4 Å². The summed E-state index contributed by atoms with van der Waals surface area (Å²) in [6.45, 7) is 4.58. The molecule has 1 aliphatic carbocycles. The molecule has 0 atom stereocenters. The van der Waals surface area contributed by atoms with E-state index in [9.17, 15) is 8.42 Å². The van der Waals surface area contributed by atoms with Crippen LogP contribution in [0.1, 0.15) is 26.7 Å². The molecule has 0 saturated heterocycles. The van der Waals surface area contributed by atoms with Crippen LogP contribution in [0.3, 0.4) is 0 Å². The van der Waals surface area contributed by atoms with Crippen LogP contribution in [-0.4, -0.2) is 42.3 Å². The minimum absolute atomic E-state index is 0.149. The molecule has 106 valence electrons. The van der Waals surface area contributed by atoms with Crippen molar-refractivity contribution in [3.8, 4) is 0 Å². The molecule has 0 radical (unpaired) electrons. The van der Waals surface area contributed by atoms with Gasteiger partial charge >= 0.3 is 0 Å². The molecular formula is C12H20N4O2S. The van der Waals surface area contributed by atoms with Crippen molar-refractivity contribution in [1.82, 2.24) is 14.3 Å². The fourth-order valence-electron chi connectivity index (χ4n) is 1.88. The summed E-state index contributed by atoms with van der Waals surface area (Å²) in [7, 11) is -1.78. The van der Waals surface area contributed by atoms with Crippen LogP contribution in [0.25, 0.3) is 0 Å². The molecule has 19 heavy (non-hydrogen) atoms. The molecule has 1 aliphatic rings. The predicted octanol–water partition coefficient (Wildman–Crippen LogP) is 1.33. The van der Waals surface area contributed by atoms with Crippen LogP contribution in [0, 0.1) is 5.92 Å². The number of hydrogen-bond donors (Lipinski definition) is 1. The first-order chi connectivity index (χ1) is 8.95. The monoisotopic (exact) mass is 284 g/mol. The topological polar surface area (TPSA) is 75.2 Å². The van der Waals surface area contributed by atoms with E-state index in [-0.39, 0.29) is 10.9 Å².